The minimum atomic E-state index is -0.444. The topological polar surface area (TPSA) is 69.2 Å². The largest absolute Gasteiger partial charge is 0.398 e. The first-order valence-electron chi connectivity index (χ1n) is 5.76. The molecule has 0 aliphatic heterocycles. The van der Waals surface area contributed by atoms with Crippen molar-refractivity contribution in [1.82, 2.24) is 0 Å². The molecule has 0 saturated heterocycles. The number of hydrogen-bond acceptors (Lipinski definition) is 4. The summed E-state index contributed by atoms with van der Waals surface area (Å²) in [5.74, 6) is 0. The molecule has 5 heteroatoms. The molecule has 0 aromatic heterocycles. The minimum absolute atomic E-state index is 0.0157. The van der Waals surface area contributed by atoms with Gasteiger partial charge in [-0.3, -0.25) is 10.1 Å². The second-order valence-electron chi connectivity index (χ2n) is 4.33. The first-order valence-corrected chi connectivity index (χ1v) is 6.58. The molecule has 0 unspecified atom stereocenters. The number of hydrogen-bond donors (Lipinski definition) is 1. The van der Waals surface area contributed by atoms with Crippen LogP contribution in [0.2, 0.25) is 0 Å². The first kappa shape index (κ1) is 13.4. The Labute approximate surface area is 115 Å². The van der Waals surface area contributed by atoms with Gasteiger partial charge in [0.15, 0.2) is 0 Å². The molecule has 2 N–H and O–H groups in total. The van der Waals surface area contributed by atoms with Gasteiger partial charge in [-0.05, 0) is 43.2 Å². The highest BCUT2D eigenvalue weighted by Gasteiger charge is 2.09. The molecule has 0 bridgehead atoms. The van der Waals surface area contributed by atoms with Crippen molar-refractivity contribution in [2.24, 2.45) is 0 Å². The number of rotatable bonds is 3. The fourth-order valence-corrected chi connectivity index (χ4v) is 2.59. The van der Waals surface area contributed by atoms with Crippen LogP contribution in [0.4, 0.5) is 11.4 Å². The normalized spacial score (nSPS) is 10.4. The highest BCUT2D eigenvalue weighted by molar-refractivity contribution is 7.99. The number of nitrogens with two attached hydrogens (primary N) is 1. The maximum Gasteiger partial charge on any atom is 0.271 e. The summed E-state index contributed by atoms with van der Waals surface area (Å²) in [5.41, 5.74) is 8.74. The molecule has 0 spiro atoms. The van der Waals surface area contributed by atoms with E-state index in [1.807, 2.05) is 6.07 Å². The van der Waals surface area contributed by atoms with Gasteiger partial charge in [-0.2, -0.15) is 0 Å². The summed E-state index contributed by atoms with van der Waals surface area (Å²) in [7, 11) is 0. The van der Waals surface area contributed by atoms with Gasteiger partial charge in [-0.1, -0.05) is 17.8 Å². The van der Waals surface area contributed by atoms with Crippen molar-refractivity contribution >= 4 is 23.1 Å². The third kappa shape index (κ3) is 3.06. The van der Waals surface area contributed by atoms with Crippen LogP contribution in [0.3, 0.4) is 0 Å². The molecule has 4 nitrogen and oxygen atoms in total. The van der Waals surface area contributed by atoms with Crippen molar-refractivity contribution in [3.63, 3.8) is 0 Å². The lowest BCUT2D eigenvalue weighted by atomic mass is 10.1. The maximum atomic E-state index is 10.6. The molecule has 0 aliphatic carbocycles. The predicted octanol–water partition coefficient (Wildman–Crippen LogP) is 3.95. The summed E-state index contributed by atoms with van der Waals surface area (Å²) in [5, 5.41) is 10.6. The number of anilines is 1. The van der Waals surface area contributed by atoms with Crippen molar-refractivity contribution in [3.8, 4) is 0 Å². The summed E-state index contributed by atoms with van der Waals surface area (Å²) in [6.07, 6.45) is 0. The smallest absolute Gasteiger partial charge is 0.271 e. The van der Waals surface area contributed by atoms with Crippen LogP contribution >= 0.6 is 11.8 Å². The van der Waals surface area contributed by atoms with E-state index in [1.165, 1.54) is 35.0 Å². The lowest BCUT2D eigenvalue weighted by Gasteiger charge is -2.07. The Kier molecular flexibility index (Phi) is 3.76. The molecule has 2 aromatic rings. The zero-order chi connectivity index (χ0) is 14.0. The third-order valence-electron chi connectivity index (χ3n) is 2.91. The summed E-state index contributed by atoms with van der Waals surface area (Å²) in [6.45, 7) is 4.11. The lowest BCUT2D eigenvalue weighted by Crippen LogP contribution is -1.93. The van der Waals surface area contributed by atoms with Crippen molar-refractivity contribution in [3.05, 3.63) is 57.6 Å². The quantitative estimate of drug-likeness (QED) is 0.523. The van der Waals surface area contributed by atoms with E-state index in [9.17, 15) is 10.1 Å². The summed E-state index contributed by atoms with van der Waals surface area (Å²) in [4.78, 5) is 12.1. The van der Waals surface area contributed by atoms with Crippen LogP contribution in [0.25, 0.3) is 0 Å². The van der Waals surface area contributed by atoms with E-state index in [0.29, 0.717) is 5.69 Å². The predicted molar refractivity (Wildman–Crippen MR) is 77.5 cm³/mol. The molecular formula is C14H14N2O2S. The number of aryl methyl sites for hydroxylation is 2. The van der Waals surface area contributed by atoms with Gasteiger partial charge in [0.25, 0.3) is 5.69 Å². The Hall–Kier alpha value is -2.01. The van der Waals surface area contributed by atoms with Gasteiger partial charge in [0.05, 0.1) is 10.6 Å². The van der Waals surface area contributed by atoms with Crippen LogP contribution in [0, 0.1) is 24.0 Å². The van der Waals surface area contributed by atoms with Gasteiger partial charge in [-0.15, -0.1) is 0 Å². The van der Waals surface area contributed by atoms with Gasteiger partial charge in [0.1, 0.15) is 0 Å². The second kappa shape index (κ2) is 5.32. The van der Waals surface area contributed by atoms with Gasteiger partial charge >= 0.3 is 0 Å². The molecule has 0 aliphatic rings. The molecule has 0 fully saturated rings. The highest BCUT2D eigenvalue weighted by atomic mass is 32.2. The average Bonchev–Trinajstić information content (AvgIpc) is 2.36. The molecule has 0 amide bonds. The van der Waals surface area contributed by atoms with E-state index in [1.54, 1.807) is 6.07 Å². The number of benzene rings is 2. The van der Waals surface area contributed by atoms with E-state index in [4.69, 9.17) is 5.73 Å². The molecule has 0 atom stereocenters. The number of nitrogen functional groups attached to an aromatic ring is 1. The summed E-state index contributed by atoms with van der Waals surface area (Å²) >= 11 is 1.51. The van der Waals surface area contributed by atoms with Crippen molar-refractivity contribution < 1.29 is 4.92 Å². The molecule has 19 heavy (non-hydrogen) atoms. The lowest BCUT2D eigenvalue weighted by molar-refractivity contribution is -0.384. The Morgan fingerprint density at radius 2 is 1.84 bits per heavy atom. The average molecular weight is 274 g/mol. The van der Waals surface area contributed by atoms with E-state index < -0.39 is 4.92 Å². The fourth-order valence-electron chi connectivity index (χ4n) is 1.65. The number of nitro benzene ring substituents is 1. The van der Waals surface area contributed by atoms with E-state index in [-0.39, 0.29) is 5.69 Å². The van der Waals surface area contributed by atoms with Crippen molar-refractivity contribution in [1.29, 1.82) is 0 Å². The van der Waals surface area contributed by atoms with Crippen LogP contribution in [0.5, 0.6) is 0 Å². The van der Waals surface area contributed by atoms with Crippen LogP contribution in [-0.4, -0.2) is 4.92 Å². The highest BCUT2D eigenvalue weighted by Crippen LogP contribution is 2.34. The number of nitrogens with zero attached hydrogens (tertiary/aromatic N) is 1. The second-order valence-corrected chi connectivity index (χ2v) is 5.44. The summed E-state index contributed by atoms with van der Waals surface area (Å²) < 4.78 is 0. The monoisotopic (exact) mass is 274 g/mol. The fraction of sp³-hybridized carbons (Fsp3) is 0.143. The number of nitro groups is 1. The Bertz CT molecular complexity index is 641. The first-order chi connectivity index (χ1) is 8.97. The Balaban J connectivity index is 2.28. The Morgan fingerprint density at radius 3 is 2.42 bits per heavy atom. The molecule has 2 rings (SSSR count). The molecule has 0 saturated carbocycles. The molecule has 98 valence electrons. The van der Waals surface area contributed by atoms with E-state index in [2.05, 4.69) is 26.0 Å². The molecule has 0 radical (unpaired) electrons. The molecule has 2 aromatic carbocycles. The van der Waals surface area contributed by atoms with Crippen LogP contribution < -0.4 is 5.73 Å². The SMILES string of the molecule is Cc1ccc(Sc2ccc([N+](=O)[O-])cc2N)cc1C. The van der Waals surface area contributed by atoms with Crippen molar-refractivity contribution in [2.45, 2.75) is 23.6 Å². The third-order valence-corrected chi connectivity index (χ3v) is 3.99. The van der Waals surface area contributed by atoms with Gasteiger partial charge < -0.3 is 5.73 Å². The van der Waals surface area contributed by atoms with E-state index in [0.717, 1.165) is 9.79 Å². The van der Waals surface area contributed by atoms with Crippen LogP contribution in [0.1, 0.15) is 11.1 Å². The van der Waals surface area contributed by atoms with Gasteiger partial charge in [-0.25, -0.2) is 0 Å². The standard InChI is InChI=1S/C14H14N2O2S/c1-9-3-5-12(7-10(9)2)19-14-6-4-11(16(17)18)8-13(14)15/h3-8H,15H2,1-2H3. The van der Waals surface area contributed by atoms with Crippen molar-refractivity contribution in [2.75, 3.05) is 5.73 Å². The maximum absolute atomic E-state index is 10.6. The zero-order valence-corrected chi connectivity index (χ0v) is 11.5. The van der Waals surface area contributed by atoms with Gasteiger partial charge in [0, 0.05) is 21.9 Å². The minimum Gasteiger partial charge on any atom is -0.398 e. The Morgan fingerprint density at radius 1 is 1.11 bits per heavy atom. The molecule has 0 heterocycles. The summed E-state index contributed by atoms with van der Waals surface area (Å²) in [6, 6.07) is 10.7. The zero-order valence-electron chi connectivity index (χ0n) is 10.7. The van der Waals surface area contributed by atoms with E-state index >= 15 is 0 Å². The van der Waals surface area contributed by atoms with Gasteiger partial charge in [0.2, 0.25) is 0 Å². The molecular weight excluding hydrogens is 260 g/mol. The van der Waals surface area contributed by atoms with Crippen LogP contribution in [0.15, 0.2) is 46.2 Å². The number of non-ortho nitro benzene ring substituents is 1. The van der Waals surface area contributed by atoms with Crippen LogP contribution in [-0.2, 0) is 0 Å².